The van der Waals surface area contributed by atoms with Gasteiger partial charge in [-0.25, -0.2) is 0 Å². The Morgan fingerprint density at radius 3 is 2.27 bits per heavy atom. The van der Waals surface area contributed by atoms with Crippen LogP contribution in [0, 0.1) is 11.8 Å². The maximum absolute atomic E-state index is 9.61. The maximum atomic E-state index is 9.61. The summed E-state index contributed by atoms with van der Waals surface area (Å²) < 4.78 is 0. The number of aliphatic hydroxyl groups is 1. The first-order valence-corrected chi connectivity index (χ1v) is 4.42. The molecule has 11 heavy (non-hydrogen) atoms. The van der Waals surface area contributed by atoms with Crippen LogP contribution in [0.15, 0.2) is 12.7 Å². The molecule has 0 aromatic rings. The molecule has 2 atom stereocenters. The van der Waals surface area contributed by atoms with Gasteiger partial charge in [-0.3, -0.25) is 0 Å². The van der Waals surface area contributed by atoms with Gasteiger partial charge in [0, 0.05) is 0 Å². The normalized spacial score (nSPS) is 16.5. The Hall–Kier alpha value is -0.300. The van der Waals surface area contributed by atoms with Crippen LogP contribution >= 0.6 is 0 Å². The van der Waals surface area contributed by atoms with Crippen molar-refractivity contribution in [2.75, 3.05) is 0 Å². The van der Waals surface area contributed by atoms with E-state index in [0.717, 1.165) is 12.8 Å². The second kappa shape index (κ2) is 5.36. The highest BCUT2D eigenvalue weighted by Gasteiger charge is 2.18. The van der Waals surface area contributed by atoms with Gasteiger partial charge in [-0.2, -0.15) is 0 Å². The van der Waals surface area contributed by atoms with Crippen LogP contribution in [-0.4, -0.2) is 11.2 Å². The summed E-state index contributed by atoms with van der Waals surface area (Å²) in [5, 5.41) is 9.61. The van der Waals surface area contributed by atoms with Crippen molar-refractivity contribution in [1.82, 2.24) is 0 Å². The molecule has 0 spiro atoms. The average Bonchev–Trinajstić information content (AvgIpc) is 1.88. The van der Waals surface area contributed by atoms with Crippen molar-refractivity contribution in [1.29, 1.82) is 0 Å². The summed E-state index contributed by atoms with van der Waals surface area (Å²) in [7, 11) is 0. The van der Waals surface area contributed by atoms with Gasteiger partial charge in [-0.1, -0.05) is 33.3 Å². The van der Waals surface area contributed by atoms with Crippen molar-refractivity contribution >= 4 is 0 Å². The molecule has 1 unspecified atom stereocenters. The molecule has 0 aromatic heterocycles. The van der Waals surface area contributed by atoms with Crippen LogP contribution in [0.2, 0.25) is 0 Å². The van der Waals surface area contributed by atoms with E-state index in [4.69, 9.17) is 0 Å². The van der Waals surface area contributed by atoms with Gasteiger partial charge < -0.3 is 5.11 Å². The van der Waals surface area contributed by atoms with Gasteiger partial charge in [0.05, 0.1) is 6.10 Å². The van der Waals surface area contributed by atoms with E-state index in [1.165, 1.54) is 0 Å². The standard InChI is InChI=1S/C10H20O/c1-5-7-10(11)9(6-2)8(3)4/h5,8-11H,1,6-7H2,2-4H3/t9?,10-/m0/s1. The Morgan fingerprint density at radius 1 is 1.45 bits per heavy atom. The van der Waals surface area contributed by atoms with E-state index in [1.54, 1.807) is 6.08 Å². The quantitative estimate of drug-likeness (QED) is 0.607. The Kier molecular flexibility index (Phi) is 5.22. The van der Waals surface area contributed by atoms with Crippen molar-refractivity contribution in [2.24, 2.45) is 11.8 Å². The van der Waals surface area contributed by atoms with E-state index in [0.29, 0.717) is 11.8 Å². The molecule has 0 aliphatic carbocycles. The van der Waals surface area contributed by atoms with Crippen LogP contribution in [0.1, 0.15) is 33.6 Å². The topological polar surface area (TPSA) is 20.2 Å². The highest BCUT2D eigenvalue weighted by molar-refractivity contribution is 4.78. The number of hydrogen-bond acceptors (Lipinski definition) is 1. The molecule has 66 valence electrons. The predicted octanol–water partition coefficient (Wildman–Crippen LogP) is 2.61. The van der Waals surface area contributed by atoms with Crippen molar-refractivity contribution in [2.45, 2.75) is 39.7 Å². The van der Waals surface area contributed by atoms with E-state index in [2.05, 4.69) is 27.4 Å². The third-order valence-electron chi connectivity index (χ3n) is 2.23. The summed E-state index contributed by atoms with van der Waals surface area (Å²) in [6, 6.07) is 0. The maximum Gasteiger partial charge on any atom is 0.0605 e. The molecule has 1 N–H and O–H groups in total. The zero-order valence-electron chi connectivity index (χ0n) is 7.88. The molecule has 0 fully saturated rings. The van der Waals surface area contributed by atoms with Crippen LogP contribution in [0.5, 0.6) is 0 Å². The molecule has 0 saturated heterocycles. The minimum absolute atomic E-state index is 0.197. The van der Waals surface area contributed by atoms with Gasteiger partial charge in [0.25, 0.3) is 0 Å². The first-order chi connectivity index (χ1) is 5.13. The van der Waals surface area contributed by atoms with Crippen LogP contribution in [0.25, 0.3) is 0 Å². The van der Waals surface area contributed by atoms with E-state index >= 15 is 0 Å². The highest BCUT2D eigenvalue weighted by atomic mass is 16.3. The average molecular weight is 156 g/mol. The summed E-state index contributed by atoms with van der Waals surface area (Å²) in [4.78, 5) is 0. The fraction of sp³-hybridized carbons (Fsp3) is 0.800. The molecule has 0 saturated carbocycles. The molecule has 0 aliphatic rings. The van der Waals surface area contributed by atoms with E-state index in [-0.39, 0.29) is 6.10 Å². The zero-order valence-corrected chi connectivity index (χ0v) is 7.88. The zero-order chi connectivity index (χ0) is 8.85. The van der Waals surface area contributed by atoms with Gasteiger partial charge in [-0.05, 0) is 18.3 Å². The van der Waals surface area contributed by atoms with Gasteiger partial charge in [0.2, 0.25) is 0 Å². The van der Waals surface area contributed by atoms with Gasteiger partial charge >= 0.3 is 0 Å². The van der Waals surface area contributed by atoms with E-state index < -0.39 is 0 Å². The monoisotopic (exact) mass is 156 g/mol. The van der Waals surface area contributed by atoms with Crippen molar-refractivity contribution in [3.8, 4) is 0 Å². The van der Waals surface area contributed by atoms with Crippen LogP contribution < -0.4 is 0 Å². The molecule has 1 heteroatoms. The molecule has 0 aliphatic heterocycles. The van der Waals surface area contributed by atoms with Crippen molar-refractivity contribution < 1.29 is 5.11 Å². The molecule has 0 bridgehead atoms. The predicted molar refractivity (Wildman–Crippen MR) is 49.4 cm³/mol. The summed E-state index contributed by atoms with van der Waals surface area (Å²) in [5.74, 6) is 0.989. The van der Waals surface area contributed by atoms with Crippen molar-refractivity contribution in [3.63, 3.8) is 0 Å². The Bertz CT molecular complexity index is 107. The smallest absolute Gasteiger partial charge is 0.0605 e. The fourth-order valence-corrected chi connectivity index (χ4v) is 1.53. The number of rotatable bonds is 5. The molecule has 0 rings (SSSR count). The SMILES string of the molecule is C=CC[C@H](O)C(CC)C(C)C. The van der Waals surface area contributed by atoms with Crippen LogP contribution in [0.3, 0.4) is 0 Å². The van der Waals surface area contributed by atoms with Gasteiger partial charge in [0.15, 0.2) is 0 Å². The summed E-state index contributed by atoms with van der Waals surface area (Å²) >= 11 is 0. The second-order valence-corrected chi connectivity index (χ2v) is 3.41. The molecule has 0 amide bonds. The lowest BCUT2D eigenvalue weighted by atomic mass is 9.86. The minimum Gasteiger partial charge on any atom is -0.393 e. The summed E-state index contributed by atoms with van der Waals surface area (Å²) in [6.07, 6.45) is 3.36. The Morgan fingerprint density at radius 2 is 2.00 bits per heavy atom. The Labute approximate surface area is 70.1 Å². The Balaban J connectivity index is 3.90. The van der Waals surface area contributed by atoms with Gasteiger partial charge in [-0.15, -0.1) is 6.58 Å². The largest absolute Gasteiger partial charge is 0.393 e. The first kappa shape index (κ1) is 10.7. The highest BCUT2D eigenvalue weighted by Crippen LogP contribution is 2.21. The summed E-state index contributed by atoms with van der Waals surface area (Å²) in [5.41, 5.74) is 0. The second-order valence-electron chi connectivity index (χ2n) is 3.41. The molecule has 0 aromatic carbocycles. The molecular formula is C10H20O. The fourth-order valence-electron chi connectivity index (χ4n) is 1.53. The minimum atomic E-state index is -0.197. The lowest BCUT2D eigenvalue weighted by Gasteiger charge is -2.23. The van der Waals surface area contributed by atoms with E-state index in [9.17, 15) is 5.11 Å². The lowest BCUT2D eigenvalue weighted by Crippen LogP contribution is -2.23. The summed E-state index contributed by atoms with van der Waals surface area (Å²) in [6.45, 7) is 10.0. The molecular weight excluding hydrogens is 136 g/mol. The third-order valence-corrected chi connectivity index (χ3v) is 2.23. The van der Waals surface area contributed by atoms with Crippen molar-refractivity contribution in [3.05, 3.63) is 12.7 Å². The number of hydrogen-bond donors (Lipinski definition) is 1. The lowest BCUT2D eigenvalue weighted by molar-refractivity contribution is 0.0815. The number of aliphatic hydroxyl groups excluding tert-OH is 1. The molecule has 0 radical (unpaired) electrons. The van der Waals surface area contributed by atoms with Crippen LogP contribution in [0.4, 0.5) is 0 Å². The molecule has 1 nitrogen and oxygen atoms in total. The first-order valence-electron chi connectivity index (χ1n) is 4.42. The van der Waals surface area contributed by atoms with Gasteiger partial charge in [0.1, 0.15) is 0 Å². The van der Waals surface area contributed by atoms with Crippen LogP contribution in [-0.2, 0) is 0 Å². The van der Waals surface area contributed by atoms with E-state index in [1.807, 2.05) is 0 Å². The third kappa shape index (κ3) is 3.57. The molecule has 0 heterocycles.